The van der Waals surface area contributed by atoms with Gasteiger partial charge in [-0.05, 0) is 30.7 Å². The Morgan fingerprint density at radius 2 is 2.25 bits per heavy atom. The van der Waals surface area contributed by atoms with E-state index < -0.39 is 0 Å². The molecule has 0 aliphatic carbocycles. The fourth-order valence-corrected chi connectivity index (χ4v) is 1.20. The number of nitriles is 1. The van der Waals surface area contributed by atoms with Crippen molar-refractivity contribution in [3.8, 4) is 6.07 Å². The first-order valence-corrected chi connectivity index (χ1v) is 3.87. The molecule has 1 unspecified atom stereocenters. The van der Waals surface area contributed by atoms with Crippen LogP contribution in [0.5, 0.6) is 0 Å². The van der Waals surface area contributed by atoms with Crippen LogP contribution in [0.4, 0.5) is 4.39 Å². The zero-order chi connectivity index (χ0) is 9.14. The third kappa shape index (κ3) is 1.75. The maximum atomic E-state index is 12.7. The molecule has 1 aromatic rings. The molecule has 0 amide bonds. The predicted molar refractivity (Wildman–Crippen MR) is 45.4 cm³/mol. The molecule has 0 aromatic heterocycles. The lowest BCUT2D eigenvalue weighted by Gasteiger charge is -2.04. The van der Waals surface area contributed by atoms with Crippen molar-refractivity contribution in [3.05, 3.63) is 34.6 Å². The minimum atomic E-state index is -0.367. The predicted octanol–water partition coefficient (Wildman–Crippen LogP) is 3.11. The molecule has 0 bridgehead atoms. The maximum absolute atomic E-state index is 12.7. The van der Waals surface area contributed by atoms with Crippen LogP contribution in [-0.4, -0.2) is 0 Å². The summed E-state index contributed by atoms with van der Waals surface area (Å²) in [4.78, 5) is 0. The first-order chi connectivity index (χ1) is 5.65. The van der Waals surface area contributed by atoms with E-state index in [0.29, 0.717) is 10.6 Å². The molecular formula is C9H7ClFN. The summed E-state index contributed by atoms with van der Waals surface area (Å²) in [6.45, 7) is 1.68. The Bertz CT molecular complexity index is 330. The summed E-state index contributed by atoms with van der Waals surface area (Å²) >= 11 is 5.75. The van der Waals surface area contributed by atoms with Gasteiger partial charge in [-0.3, -0.25) is 0 Å². The lowest BCUT2D eigenvalue weighted by Crippen LogP contribution is -1.91. The average molecular weight is 184 g/mol. The van der Waals surface area contributed by atoms with Gasteiger partial charge in [-0.2, -0.15) is 5.26 Å². The standard InChI is InChI=1S/C9H7ClFN/c1-6(5-12)8-4-7(11)2-3-9(8)10/h2-4,6H,1H3. The Kier molecular flexibility index (Phi) is 2.67. The van der Waals surface area contributed by atoms with Crippen molar-refractivity contribution in [2.24, 2.45) is 0 Å². The smallest absolute Gasteiger partial charge is 0.123 e. The van der Waals surface area contributed by atoms with Crippen LogP contribution in [0.2, 0.25) is 5.02 Å². The fourth-order valence-electron chi connectivity index (χ4n) is 0.916. The van der Waals surface area contributed by atoms with Gasteiger partial charge in [0, 0.05) is 5.02 Å². The number of benzene rings is 1. The van der Waals surface area contributed by atoms with E-state index in [1.54, 1.807) is 6.92 Å². The monoisotopic (exact) mass is 183 g/mol. The molecule has 1 rings (SSSR count). The van der Waals surface area contributed by atoms with Gasteiger partial charge >= 0.3 is 0 Å². The van der Waals surface area contributed by atoms with E-state index >= 15 is 0 Å². The van der Waals surface area contributed by atoms with Crippen molar-refractivity contribution in [2.75, 3.05) is 0 Å². The topological polar surface area (TPSA) is 23.8 Å². The molecule has 1 atom stereocenters. The summed E-state index contributed by atoms with van der Waals surface area (Å²) in [6, 6.07) is 6.02. The minimum Gasteiger partial charge on any atom is -0.207 e. The van der Waals surface area contributed by atoms with Crippen LogP contribution in [0.15, 0.2) is 18.2 Å². The van der Waals surface area contributed by atoms with Gasteiger partial charge in [0.15, 0.2) is 0 Å². The maximum Gasteiger partial charge on any atom is 0.123 e. The molecule has 3 heteroatoms. The fraction of sp³-hybridized carbons (Fsp3) is 0.222. The zero-order valence-corrected chi connectivity index (χ0v) is 7.27. The highest BCUT2D eigenvalue weighted by Crippen LogP contribution is 2.24. The van der Waals surface area contributed by atoms with Gasteiger partial charge < -0.3 is 0 Å². The molecule has 0 spiro atoms. The molecular weight excluding hydrogens is 177 g/mol. The first kappa shape index (κ1) is 9.02. The number of halogens is 2. The second-order valence-corrected chi connectivity index (χ2v) is 2.92. The normalized spacial score (nSPS) is 12.2. The van der Waals surface area contributed by atoms with Crippen LogP contribution in [0.25, 0.3) is 0 Å². The molecule has 0 aliphatic heterocycles. The van der Waals surface area contributed by atoms with Gasteiger partial charge in [0.1, 0.15) is 5.82 Å². The highest BCUT2D eigenvalue weighted by Gasteiger charge is 2.08. The van der Waals surface area contributed by atoms with Gasteiger partial charge in [-0.1, -0.05) is 11.6 Å². The van der Waals surface area contributed by atoms with E-state index in [1.807, 2.05) is 6.07 Å². The molecule has 62 valence electrons. The van der Waals surface area contributed by atoms with E-state index in [0.717, 1.165) is 0 Å². The molecule has 0 fully saturated rings. The average Bonchev–Trinajstić information content (AvgIpc) is 2.08. The molecule has 0 saturated heterocycles. The van der Waals surface area contributed by atoms with Crippen molar-refractivity contribution in [3.63, 3.8) is 0 Å². The van der Waals surface area contributed by atoms with Gasteiger partial charge in [0.25, 0.3) is 0 Å². The lowest BCUT2D eigenvalue weighted by molar-refractivity contribution is 0.625. The van der Waals surface area contributed by atoms with Crippen molar-refractivity contribution < 1.29 is 4.39 Å². The van der Waals surface area contributed by atoms with E-state index in [9.17, 15) is 4.39 Å². The quantitative estimate of drug-likeness (QED) is 0.656. The minimum absolute atomic E-state index is 0.364. The van der Waals surface area contributed by atoms with Crippen molar-refractivity contribution in [1.82, 2.24) is 0 Å². The molecule has 1 aromatic carbocycles. The summed E-state index contributed by atoms with van der Waals surface area (Å²) in [5.41, 5.74) is 0.541. The second kappa shape index (κ2) is 3.55. The Morgan fingerprint density at radius 3 is 2.83 bits per heavy atom. The summed E-state index contributed by atoms with van der Waals surface area (Å²) in [6.07, 6.45) is 0. The molecule has 0 radical (unpaired) electrons. The van der Waals surface area contributed by atoms with E-state index in [-0.39, 0.29) is 11.7 Å². The second-order valence-electron chi connectivity index (χ2n) is 2.52. The molecule has 12 heavy (non-hydrogen) atoms. The van der Waals surface area contributed by atoms with Crippen LogP contribution < -0.4 is 0 Å². The SMILES string of the molecule is CC(C#N)c1cc(F)ccc1Cl. The van der Waals surface area contributed by atoms with Gasteiger partial charge in [-0.25, -0.2) is 4.39 Å². The molecule has 0 N–H and O–H groups in total. The summed E-state index contributed by atoms with van der Waals surface area (Å²) in [5, 5.41) is 9.01. The summed E-state index contributed by atoms with van der Waals surface area (Å²) < 4.78 is 12.7. The van der Waals surface area contributed by atoms with Crippen LogP contribution in [0.3, 0.4) is 0 Å². The molecule has 0 aliphatic rings. The summed E-state index contributed by atoms with van der Waals surface area (Å²) in [5.74, 6) is -0.732. The van der Waals surface area contributed by atoms with Crippen molar-refractivity contribution >= 4 is 11.6 Å². The van der Waals surface area contributed by atoms with E-state index in [2.05, 4.69) is 0 Å². The number of hydrogen-bond acceptors (Lipinski definition) is 1. The van der Waals surface area contributed by atoms with Gasteiger partial charge in [-0.15, -0.1) is 0 Å². The Balaban J connectivity index is 3.15. The lowest BCUT2D eigenvalue weighted by atomic mass is 10.0. The first-order valence-electron chi connectivity index (χ1n) is 3.49. The van der Waals surface area contributed by atoms with Crippen LogP contribution in [0.1, 0.15) is 18.4 Å². The highest BCUT2D eigenvalue weighted by molar-refractivity contribution is 6.31. The van der Waals surface area contributed by atoms with Crippen LogP contribution in [-0.2, 0) is 0 Å². The molecule has 1 nitrogen and oxygen atoms in total. The Labute approximate surface area is 75.4 Å². The van der Waals surface area contributed by atoms with E-state index in [4.69, 9.17) is 16.9 Å². The van der Waals surface area contributed by atoms with Crippen LogP contribution >= 0.6 is 11.6 Å². The van der Waals surface area contributed by atoms with Crippen molar-refractivity contribution in [1.29, 1.82) is 5.26 Å². The third-order valence-electron chi connectivity index (χ3n) is 1.62. The largest absolute Gasteiger partial charge is 0.207 e. The Hall–Kier alpha value is -1.07. The number of hydrogen-bond donors (Lipinski definition) is 0. The number of rotatable bonds is 1. The zero-order valence-electron chi connectivity index (χ0n) is 6.51. The van der Waals surface area contributed by atoms with Crippen LogP contribution in [0, 0.1) is 17.1 Å². The van der Waals surface area contributed by atoms with E-state index in [1.165, 1.54) is 18.2 Å². The van der Waals surface area contributed by atoms with Gasteiger partial charge in [0.2, 0.25) is 0 Å². The molecule has 0 saturated carbocycles. The Morgan fingerprint density at radius 1 is 1.58 bits per heavy atom. The van der Waals surface area contributed by atoms with Gasteiger partial charge in [0.05, 0.1) is 12.0 Å². The van der Waals surface area contributed by atoms with Crippen molar-refractivity contribution in [2.45, 2.75) is 12.8 Å². The highest BCUT2D eigenvalue weighted by atomic mass is 35.5. The number of nitrogens with zero attached hydrogens (tertiary/aromatic N) is 1. The molecule has 0 heterocycles. The third-order valence-corrected chi connectivity index (χ3v) is 1.96. The summed E-state index contributed by atoms with van der Waals surface area (Å²) in [7, 11) is 0.